The van der Waals surface area contributed by atoms with E-state index in [1.807, 2.05) is 12.1 Å². The summed E-state index contributed by atoms with van der Waals surface area (Å²) in [6, 6.07) is 7.09. The summed E-state index contributed by atoms with van der Waals surface area (Å²) in [5.41, 5.74) is 0.871. The normalized spacial score (nSPS) is 27.6. The Morgan fingerprint density at radius 3 is 2.36 bits per heavy atom. The zero-order valence-corrected chi connectivity index (χ0v) is 8.80. The van der Waals surface area contributed by atoms with E-state index in [1.54, 1.807) is 12.1 Å². The summed E-state index contributed by atoms with van der Waals surface area (Å²) in [5.74, 6) is 0.316. The van der Waals surface area contributed by atoms with Crippen LogP contribution in [0.15, 0.2) is 24.3 Å². The summed E-state index contributed by atoms with van der Waals surface area (Å²) in [4.78, 5) is 0. The van der Waals surface area contributed by atoms with Crippen molar-refractivity contribution in [2.24, 2.45) is 0 Å². The molecule has 0 unspecified atom stereocenters. The van der Waals surface area contributed by atoms with E-state index in [1.165, 1.54) is 0 Å². The minimum Gasteiger partial charge on any atom is -0.207 e. The van der Waals surface area contributed by atoms with Crippen molar-refractivity contribution in [2.45, 2.75) is 37.0 Å². The molecule has 0 aliphatic heterocycles. The second kappa shape index (κ2) is 4.31. The summed E-state index contributed by atoms with van der Waals surface area (Å²) in [7, 11) is 0. The Labute approximate surface area is 89.1 Å². The molecule has 1 aliphatic rings. The van der Waals surface area contributed by atoms with Gasteiger partial charge in [-0.1, -0.05) is 18.2 Å². The first-order valence-electron chi connectivity index (χ1n) is 5.16. The molecule has 14 heavy (non-hydrogen) atoms. The molecule has 0 amide bonds. The van der Waals surface area contributed by atoms with E-state index in [0.717, 1.165) is 31.2 Å². The number of halogens is 2. The predicted octanol–water partition coefficient (Wildman–Crippen LogP) is 4.09. The second-order valence-electron chi connectivity index (χ2n) is 3.97. The summed E-state index contributed by atoms with van der Waals surface area (Å²) in [5, 5.41) is 0.304. The van der Waals surface area contributed by atoms with Crippen molar-refractivity contribution in [1.82, 2.24) is 0 Å². The van der Waals surface area contributed by atoms with Gasteiger partial charge >= 0.3 is 0 Å². The van der Waals surface area contributed by atoms with E-state index in [2.05, 4.69) is 0 Å². The van der Waals surface area contributed by atoms with Crippen molar-refractivity contribution in [3.8, 4) is 0 Å². The van der Waals surface area contributed by atoms with Gasteiger partial charge in [0.2, 0.25) is 0 Å². The third-order valence-electron chi connectivity index (χ3n) is 3.00. The van der Waals surface area contributed by atoms with Crippen molar-refractivity contribution < 1.29 is 4.39 Å². The van der Waals surface area contributed by atoms with E-state index in [4.69, 9.17) is 11.6 Å². The highest BCUT2D eigenvalue weighted by atomic mass is 35.5. The van der Waals surface area contributed by atoms with Crippen LogP contribution in [0.3, 0.4) is 0 Å². The van der Waals surface area contributed by atoms with Crippen LogP contribution in [0.5, 0.6) is 0 Å². The fourth-order valence-corrected chi connectivity index (χ4v) is 2.42. The molecule has 76 valence electrons. The molecule has 1 saturated carbocycles. The molecular weight excluding hydrogens is 199 g/mol. The van der Waals surface area contributed by atoms with Crippen LogP contribution in [0.25, 0.3) is 0 Å². The molecule has 0 spiro atoms. The summed E-state index contributed by atoms with van der Waals surface area (Å²) in [6.45, 7) is 0. The molecule has 1 aromatic carbocycles. The zero-order chi connectivity index (χ0) is 9.97. The number of benzene rings is 1. The van der Waals surface area contributed by atoms with Gasteiger partial charge in [0.25, 0.3) is 0 Å². The van der Waals surface area contributed by atoms with Crippen LogP contribution in [0.2, 0.25) is 0 Å². The minimum absolute atomic E-state index is 0.0643. The van der Waals surface area contributed by atoms with Crippen LogP contribution in [-0.4, -0.2) is 5.38 Å². The lowest BCUT2D eigenvalue weighted by atomic mass is 9.84. The van der Waals surface area contributed by atoms with E-state index in [-0.39, 0.29) is 5.82 Å². The topological polar surface area (TPSA) is 0 Å². The first-order chi connectivity index (χ1) is 6.77. The van der Waals surface area contributed by atoms with Gasteiger partial charge in [0.1, 0.15) is 5.82 Å². The van der Waals surface area contributed by atoms with E-state index in [9.17, 15) is 4.39 Å². The van der Waals surface area contributed by atoms with Crippen LogP contribution in [-0.2, 0) is 0 Å². The maximum atomic E-state index is 13.4. The van der Waals surface area contributed by atoms with Crippen LogP contribution in [0.4, 0.5) is 4.39 Å². The Kier molecular flexibility index (Phi) is 3.07. The number of hydrogen-bond acceptors (Lipinski definition) is 0. The summed E-state index contributed by atoms with van der Waals surface area (Å²) >= 11 is 6.02. The molecule has 0 nitrogen and oxygen atoms in total. The standard InChI is InChI=1S/C12H14ClF/c13-10-7-5-9(6-8-10)11-3-1-2-4-12(11)14/h1-4,9-10H,5-8H2. The molecule has 0 N–H and O–H groups in total. The fourth-order valence-electron chi connectivity index (χ4n) is 2.17. The largest absolute Gasteiger partial charge is 0.207 e. The van der Waals surface area contributed by atoms with Gasteiger partial charge in [0.05, 0.1) is 0 Å². The minimum atomic E-state index is -0.0643. The lowest BCUT2D eigenvalue weighted by Crippen LogP contribution is -2.13. The zero-order valence-electron chi connectivity index (χ0n) is 8.05. The van der Waals surface area contributed by atoms with Crippen molar-refractivity contribution in [2.75, 3.05) is 0 Å². The number of rotatable bonds is 1. The van der Waals surface area contributed by atoms with Crippen molar-refractivity contribution in [3.63, 3.8) is 0 Å². The van der Waals surface area contributed by atoms with Gasteiger partial charge in [-0.25, -0.2) is 4.39 Å². The number of alkyl halides is 1. The molecule has 0 bridgehead atoms. The molecule has 0 radical (unpaired) electrons. The van der Waals surface area contributed by atoms with Crippen LogP contribution < -0.4 is 0 Å². The number of hydrogen-bond donors (Lipinski definition) is 0. The maximum Gasteiger partial charge on any atom is 0.126 e. The van der Waals surface area contributed by atoms with Crippen LogP contribution in [0.1, 0.15) is 37.2 Å². The molecule has 2 heteroatoms. The van der Waals surface area contributed by atoms with Crippen LogP contribution in [0, 0.1) is 5.82 Å². The molecule has 0 heterocycles. The third kappa shape index (κ3) is 2.09. The van der Waals surface area contributed by atoms with Gasteiger partial charge in [-0.05, 0) is 43.2 Å². The molecule has 1 aromatic rings. The SMILES string of the molecule is Fc1ccccc1C1CCC(Cl)CC1. The van der Waals surface area contributed by atoms with Gasteiger partial charge in [-0.3, -0.25) is 0 Å². The molecule has 0 aromatic heterocycles. The lowest BCUT2D eigenvalue weighted by molar-refractivity contribution is 0.434. The highest BCUT2D eigenvalue weighted by molar-refractivity contribution is 6.20. The summed E-state index contributed by atoms with van der Waals surface area (Å²) < 4.78 is 13.4. The average molecular weight is 213 g/mol. The van der Waals surface area contributed by atoms with E-state index in [0.29, 0.717) is 11.3 Å². The predicted molar refractivity (Wildman–Crippen MR) is 57.3 cm³/mol. The molecule has 1 aliphatic carbocycles. The van der Waals surface area contributed by atoms with Crippen molar-refractivity contribution in [1.29, 1.82) is 0 Å². The van der Waals surface area contributed by atoms with Gasteiger partial charge in [-0.2, -0.15) is 0 Å². The van der Waals surface area contributed by atoms with Gasteiger partial charge < -0.3 is 0 Å². The highest BCUT2D eigenvalue weighted by Crippen LogP contribution is 2.35. The third-order valence-corrected chi connectivity index (χ3v) is 3.44. The molecule has 2 rings (SSSR count). The first-order valence-corrected chi connectivity index (χ1v) is 5.59. The smallest absolute Gasteiger partial charge is 0.126 e. The van der Waals surface area contributed by atoms with Crippen LogP contribution >= 0.6 is 11.6 Å². The molecule has 1 fully saturated rings. The molecule has 0 atom stereocenters. The van der Waals surface area contributed by atoms with Crippen molar-refractivity contribution in [3.05, 3.63) is 35.6 Å². The Balaban J connectivity index is 2.12. The quantitative estimate of drug-likeness (QED) is 0.615. The lowest BCUT2D eigenvalue weighted by Gasteiger charge is -2.25. The van der Waals surface area contributed by atoms with E-state index >= 15 is 0 Å². The Bertz CT molecular complexity index is 303. The summed E-state index contributed by atoms with van der Waals surface area (Å²) in [6.07, 6.45) is 4.07. The molecular formula is C12H14ClF. The highest BCUT2D eigenvalue weighted by Gasteiger charge is 2.22. The fraction of sp³-hybridized carbons (Fsp3) is 0.500. The Morgan fingerprint density at radius 2 is 1.71 bits per heavy atom. The maximum absolute atomic E-state index is 13.4. The van der Waals surface area contributed by atoms with Gasteiger partial charge in [0.15, 0.2) is 0 Å². The van der Waals surface area contributed by atoms with Gasteiger partial charge in [0, 0.05) is 5.38 Å². The average Bonchev–Trinajstić information content (AvgIpc) is 2.20. The first kappa shape index (κ1) is 9.97. The van der Waals surface area contributed by atoms with E-state index < -0.39 is 0 Å². The second-order valence-corrected chi connectivity index (χ2v) is 4.59. The Hall–Kier alpha value is -0.560. The Morgan fingerprint density at radius 1 is 1.07 bits per heavy atom. The molecule has 0 saturated heterocycles. The monoisotopic (exact) mass is 212 g/mol. The van der Waals surface area contributed by atoms with Gasteiger partial charge in [-0.15, -0.1) is 11.6 Å². The van der Waals surface area contributed by atoms with Crippen molar-refractivity contribution >= 4 is 11.6 Å².